The van der Waals surface area contributed by atoms with Gasteiger partial charge in [-0.2, -0.15) is 0 Å². The summed E-state index contributed by atoms with van der Waals surface area (Å²) in [5.74, 6) is 0.279. The first-order chi connectivity index (χ1) is 12.6. The molecule has 4 nitrogen and oxygen atoms in total. The van der Waals surface area contributed by atoms with E-state index in [9.17, 15) is 14.3 Å². The molecule has 3 rings (SSSR count). The minimum Gasteiger partial charge on any atom is -0.488 e. The third kappa shape index (κ3) is 5.30. The maximum atomic E-state index is 13.1. The standard InChI is InChI=1S/C21H24FNO3/c22-16-5-3-4-15(14-16)8-13-21(25)23-17-9-11-18(12-10-17)26-20-7-2-1-6-19(20)24/h3-5,9-12,14,19-20,24H,1-2,6-8,13H2,(H,23,25). The predicted molar refractivity (Wildman–Crippen MR) is 98.7 cm³/mol. The SMILES string of the molecule is O=C(CCc1cccc(F)c1)Nc1ccc(OC2CCCCC2O)cc1. The molecule has 2 N–H and O–H groups in total. The number of carbonyl (C=O) groups is 1. The molecule has 2 aromatic carbocycles. The molecule has 1 amide bonds. The number of aliphatic hydroxyl groups excluding tert-OH is 1. The average Bonchev–Trinajstić information content (AvgIpc) is 2.64. The summed E-state index contributed by atoms with van der Waals surface area (Å²) < 4.78 is 19.0. The van der Waals surface area contributed by atoms with Crippen molar-refractivity contribution in [2.24, 2.45) is 0 Å². The Morgan fingerprint density at radius 1 is 1.15 bits per heavy atom. The molecule has 2 aromatic rings. The van der Waals surface area contributed by atoms with Crippen LogP contribution in [0.3, 0.4) is 0 Å². The van der Waals surface area contributed by atoms with E-state index in [-0.39, 0.29) is 24.2 Å². The Kier molecular flexibility index (Phi) is 6.23. The molecule has 1 aliphatic carbocycles. The number of hydrogen-bond acceptors (Lipinski definition) is 3. The second-order valence-electron chi connectivity index (χ2n) is 6.71. The summed E-state index contributed by atoms with van der Waals surface area (Å²) in [6.45, 7) is 0. The summed E-state index contributed by atoms with van der Waals surface area (Å²) in [7, 11) is 0. The van der Waals surface area contributed by atoms with Gasteiger partial charge in [-0.1, -0.05) is 18.6 Å². The highest BCUT2D eigenvalue weighted by Gasteiger charge is 2.24. The zero-order valence-corrected chi connectivity index (χ0v) is 14.7. The van der Waals surface area contributed by atoms with Crippen LogP contribution in [0.5, 0.6) is 5.75 Å². The largest absolute Gasteiger partial charge is 0.488 e. The maximum absolute atomic E-state index is 13.1. The second kappa shape index (κ2) is 8.81. The van der Waals surface area contributed by atoms with Crippen molar-refractivity contribution in [2.45, 2.75) is 50.7 Å². The van der Waals surface area contributed by atoms with Crippen LogP contribution in [0, 0.1) is 5.82 Å². The normalized spacial score (nSPS) is 19.8. The van der Waals surface area contributed by atoms with Crippen LogP contribution in [0.25, 0.3) is 0 Å². The first-order valence-electron chi connectivity index (χ1n) is 9.09. The molecule has 0 radical (unpaired) electrons. The highest BCUT2D eigenvalue weighted by molar-refractivity contribution is 5.90. The molecule has 0 heterocycles. The smallest absolute Gasteiger partial charge is 0.224 e. The van der Waals surface area contributed by atoms with Gasteiger partial charge in [0.15, 0.2) is 0 Å². The lowest BCUT2D eigenvalue weighted by Gasteiger charge is -2.28. The highest BCUT2D eigenvalue weighted by atomic mass is 19.1. The van der Waals surface area contributed by atoms with Crippen molar-refractivity contribution >= 4 is 11.6 Å². The van der Waals surface area contributed by atoms with Gasteiger partial charge in [0.2, 0.25) is 5.91 Å². The Balaban J connectivity index is 1.48. The van der Waals surface area contributed by atoms with E-state index in [2.05, 4.69) is 5.32 Å². The topological polar surface area (TPSA) is 58.6 Å². The Morgan fingerprint density at radius 3 is 2.65 bits per heavy atom. The van der Waals surface area contributed by atoms with Crippen LogP contribution in [0.1, 0.15) is 37.7 Å². The molecule has 1 saturated carbocycles. The third-order valence-electron chi connectivity index (χ3n) is 4.62. The van der Waals surface area contributed by atoms with E-state index in [4.69, 9.17) is 4.74 Å². The van der Waals surface area contributed by atoms with Crippen molar-refractivity contribution in [3.63, 3.8) is 0 Å². The van der Waals surface area contributed by atoms with Gasteiger partial charge in [-0.25, -0.2) is 4.39 Å². The van der Waals surface area contributed by atoms with Crippen molar-refractivity contribution in [1.29, 1.82) is 0 Å². The molecular weight excluding hydrogens is 333 g/mol. The number of amides is 1. The number of aliphatic hydroxyl groups is 1. The van der Waals surface area contributed by atoms with E-state index in [1.54, 1.807) is 30.3 Å². The first-order valence-corrected chi connectivity index (χ1v) is 9.09. The third-order valence-corrected chi connectivity index (χ3v) is 4.62. The van der Waals surface area contributed by atoms with Crippen LogP contribution in [0.4, 0.5) is 10.1 Å². The van der Waals surface area contributed by atoms with Crippen LogP contribution < -0.4 is 10.1 Å². The van der Waals surface area contributed by atoms with E-state index < -0.39 is 6.10 Å². The summed E-state index contributed by atoms with van der Waals surface area (Å²) in [4.78, 5) is 12.0. The van der Waals surface area contributed by atoms with Gasteiger partial charge < -0.3 is 15.2 Å². The highest BCUT2D eigenvalue weighted by Crippen LogP contribution is 2.25. The molecule has 1 fully saturated rings. The van der Waals surface area contributed by atoms with Crippen molar-refractivity contribution in [3.05, 3.63) is 59.9 Å². The van der Waals surface area contributed by atoms with Crippen LogP contribution in [-0.4, -0.2) is 23.2 Å². The molecule has 5 heteroatoms. The summed E-state index contributed by atoms with van der Waals surface area (Å²) in [6, 6.07) is 13.4. The zero-order valence-electron chi connectivity index (χ0n) is 14.7. The number of carbonyl (C=O) groups excluding carboxylic acids is 1. The van der Waals surface area contributed by atoms with Gasteiger partial charge in [-0.05, 0) is 67.6 Å². The molecular formula is C21H24FNO3. The quantitative estimate of drug-likeness (QED) is 0.819. The minimum absolute atomic E-state index is 0.120. The minimum atomic E-state index is -0.411. The van der Waals surface area contributed by atoms with Crippen LogP contribution >= 0.6 is 0 Å². The van der Waals surface area contributed by atoms with Crippen molar-refractivity contribution in [3.8, 4) is 5.75 Å². The van der Waals surface area contributed by atoms with E-state index >= 15 is 0 Å². The van der Waals surface area contributed by atoms with Crippen molar-refractivity contribution < 1.29 is 19.0 Å². The number of rotatable bonds is 6. The molecule has 1 aliphatic rings. The molecule has 0 saturated heterocycles. The molecule has 0 aromatic heterocycles. The van der Waals surface area contributed by atoms with Crippen LogP contribution in [-0.2, 0) is 11.2 Å². The fourth-order valence-corrected chi connectivity index (χ4v) is 3.18. The summed E-state index contributed by atoms with van der Waals surface area (Å²) in [5, 5.41) is 12.8. The summed E-state index contributed by atoms with van der Waals surface area (Å²) >= 11 is 0. The van der Waals surface area contributed by atoms with E-state index in [0.29, 0.717) is 17.9 Å². The Hall–Kier alpha value is -2.40. The number of ether oxygens (including phenoxy) is 1. The van der Waals surface area contributed by atoms with Gasteiger partial charge in [0.1, 0.15) is 17.7 Å². The molecule has 0 bridgehead atoms. The molecule has 0 aliphatic heterocycles. The molecule has 0 spiro atoms. The number of benzene rings is 2. The first kappa shape index (κ1) is 18.4. The fourth-order valence-electron chi connectivity index (χ4n) is 3.18. The predicted octanol–water partition coefficient (Wildman–Crippen LogP) is 4.08. The second-order valence-corrected chi connectivity index (χ2v) is 6.71. The number of anilines is 1. The number of halogens is 1. The van der Waals surface area contributed by atoms with Crippen molar-refractivity contribution in [1.82, 2.24) is 0 Å². The Labute approximate surface area is 153 Å². The Bertz CT molecular complexity index is 732. The van der Waals surface area contributed by atoms with Gasteiger partial charge in [0.05, 0.1) is 6.10 Å². The maximum Gasteiger partial charge on any atom is 0.224 e. The van der Waals surface area contributed by atoms with Gasteiger partial charge >= 0.3 is 0 Å². The van der Waals surface area contributed by atoms with E-state index in [1.165, 1.54) is 12.1 Å². The molecule has 26 heavy (non-hydrogen) atoms. The van der Waals surface area contributed by atoms with Gasteiger partial charge in [-0.15, -0.1) is 0 Å². The van der Waals surface area contributed by atoms with E-state index in [1.807, 2.05) is 6.07 Å². The van der Waals surface area contributed by atoms with Gasteiger partial charge in [0.25, 0.3) is 0 Å². The summed E-state index contributed by atoms with van der Waals surface area (Å²) in [5.41, 5.74) is 1.49. The van der Waals surface area contributed by atoms with Crippen LogP contribution in [0.2, 0.25) is 0 Å². The Morgan fingerprint density at radius 2 is 1.92 bits per heavy atom. The van der Waals surface area contributed by atoms with Gasteiger partial charge in [-0.3, -0.25) is 4.79 Å². The van der Waals surface area contributed by atoms with Crippen LogP contribution in [0.15, 0.2) is 48.5 Å². The number of aryl methyl sites for hydroxylation is 1. The number of nitrogens with one attached hydrogen (secondary N) is 1. The summed E-state index contributed by atoms with van der Waals surface area (Å²) in [6.07, 6.45) is 3.97. The molecule has 2 unspecified atom stereocenters. The fraction of sp³-hybridized carbons (Fsp3) is 0.381. The lowest BCUT2D eigenvalue weighted by Crippen LogP contribution is -2.34. The zero-order chi connectivity index (χ0) is 18.4. The van der Waals surface area contributed by atoms with E-state index in [0.717, 1.165) is 31.2 Å². The van der Waals surface area contributed by atoms with Crippen molar-refractivity contribution in [2.75, 3.05) is 5.32 Å². The van der Waals surface area contributed by atoms with Gasteiger partial charge in [0, 0.05) is 12.1 Å². The lowest BCUT2D eigenvalue weighted by atomic mass is 9.95. The number of hydrogen-bond donors (Lipinski definition) is 2. The average molecular weight is 357 g/mol. The monoisotopic (exact) mass is 357 g/mol. The molecule has 2 atom stereocenters. The molecule has 138 valence electrons. The lowest BCUT2D eigenvalue weighted by molar-refractivity contribution is -0.116.